The van der Waals surface area contributed by atoms with Gasteiger partial charge in [-0.2, -0.15) is 0 Å². The molecule has 0 radical (unpaired) electrons. The van der Waals surface area contributed by atoms with Crippen molar-refractivity contribution in [2.75, 3.05) is 18.5 Å². The molecule has 3 rings (SSSR count). The summed E-state index contributed by atoms with van der Waals surface area (Å²) >= 11 is 1.81. The van der Waals surface area contributed by atoms with Crippen LogP contribution in [-0.4, -0.2) is 13.6 Å². The Bertz CT molecular complexity index is 608. The largest absolute Gasteiger partial charge is 0.362 e. The first-order chi connectivity index (χ1) is 9.70. The van der Waals surface area contributed by atoms with Crippen LogP contribution in [0.15, 0.2) is 29.6 Å². The molecule has 0 saturated heterocycles. The van der Waals surface area contributed by atoms with Crippen LogP contribution in [0, 0.1) is 5.82 Å². The molecule has 0 spiro atoms. The van der Waals surface area contributed by atoms with Crippen LogP contribution < -0.4 is 10.2 Å². The molecule has 0 bridgehead atoms. The van der Waals surface area contributed by atoms with E-state index in [2.05, 4.69) is 28.6 Å². The molecule has 106 valence electrons. The zero-order valence-corrected chi connectivity index (χ0v) is 12.6. The van der Waals surface area contributed by atoms with Crippen molar-refractivity contribution in [3.05, 3.63) is 51.5 Å². The summed E-state index contributed by atoms with van der Waals surface area (Å²) in [6, 6.07) is 7.97. The summed E-state index contributed by atoms with van der Waals surface area (Å²) in [5.41, 5.74) is 3.05. The minimum absolute atomic E-state index is 0.122. The molecule has 0 fully saturated rings. The Balaban J connectivity index is 1.90. The summed E-state index contributed by atoms with van der Waals surface area (Å²) in [6.07, 6.45) is 1.01. The Morgan fingerprint density at radius 3 is 3.00 bits per heavy atom. The molecule has 1 N–H and O–H groups in total. The third-order valence-corrected chi connectivity index (χ3v) is 4.98. The first kappa shape index (κ1) is 13.6. The quantitative estimate of drug-likeness (QED) is 0.926. The average Bonchev–Trinajstić information content (AvgIpc) is 2.90. The number of hydrogen-bond donors (Lipinski definition) is 1. The number of halogens is 1. The highest BCUT2D eigenvalue weighted by Crippen LogP contribution is 2.37. The molecule has 1 aromatic carbocycles. The van der Waals surface area contributed by atoms with Gasteiger partial charge >= 0.3 is 0 Å². The first-order valence-electron chi connectivity index (χ1n) is 6.96. The van der Waals surface area contributed by atoms with Gasteiger partial charge in [0.15, 0.2) is 0 Å². The second-order valence-electron chi connectivity index (χ2n) is 5.23. The predicted octanol–water partition coefficient (Wildman–Crippen LogP) is 3.73. The maximum atomic E-state index is 14.4. The van der Waals surface area contributed by atoms with E-state index in [4.69, 9.17) is 0 Å². The van der Waals surface area contributed by atoms with Gasteiger partial charge in [0.1, 0.15) is 5.82 Å². The van der Waals surface area contributed by atoms with Crippen LogP contribution in [0.5, 0.6) is 0 Å². The molecule has 1 unspecified atom stereocenters. The van der Waals surface area contributed by atoms with E-state index in [1.165, 1.54) is 10.4 Å². The smallest absolute Gasteiger partial charge is 0.146 e. The highest BCUT2D eigenvalue weighted by atomic mass is 32.1. The Labute approximate surface area is 123 Å². The standard InChI is InChI=1S/C16H19FN2S/c1-11-13-6-8-20-16(13)5-7-19(11)15-4-3-12(10-18-2)9-14(15)17/h3-4,6,8-9,11,18H,5,7,10H2,1-2H3. The lowest BCUT2D eigenvalue weighted by molar-refractivity contribution is 0.580. The van der Waals surface area contributed by atoms with E-state index < -0.39 is 0 Å². The van der Waals surface area contributed by atoms with E-state index in [0.29, 0.717) is 12.2 Å². The van der Waals surface area contributed by atoms with E-state index in [9.17, 15) is 4.39 Å². The van der Waals surface area contributed by atoms with Crippen molar-refractivity contribution in [1.29, 1.82) is 0 Å². The Morgan fingerprint density at radius 2 is 2.25 bits per heavy atom. The molecule has 1 aromatic heterocycles. The van der Waals surface area contributed by atoms with Crippen LogP contribution >= 0.6 is 11.3 Å². The van der Waals surface area contributed by atoms with Crippen molar-refractivity contribution in [2.45, 2.75) is 25.9 Å². The summed E-state index contributed by atoms with van der Waals surface area (Å²) in [4.78, 5) is 3.62. The predicted molar refractivity (Wildman–Crippen MR) is 82.9 cm³/mol. The molecule has 1 aliphatic heterocycles. The van der Waals surface area contributed by atoms with Crippen LogP contribution in [0.25, 0.3) is 0 Å². The van der Waals surface area contributed by atoms with Crippen molar-refractivity contribution in [3.8, 4) is 0 Å². The number of fused-ring (bicyclic) bond motifs is 1. The summed E-state index contributed by atoms with van der Waals surface area (Å²) in [5, 5.41) is 5.19. The van der Waals surface area contributed by atoms with Crippen molar-refractivity contribution in [3.63, 3.8) is 0 Å². The second-order valence-corrected chi connectivity index (χ2v) is 6.24. The SMILES string of the molecule is CNCc1ccc(N2CCc3sccc3C2C)c(F)c1. The summed E-state index contributed by atoms with van der Waals surface area (Å²) in [6.45, 7) is 3.74. The van der Waals surface area contributed by atoms with Gasteiger partial charge < -0.3 is 10.2 Å². The molecule has 0 aliphatic carbocycles. The molecule has 1 atom stereocenters. The first-order valence-corrected chi connectivity index (χ1v) is 7.84. The molecule has 2 heterocycles. The molecule has 20 heavy (non-hydrogen) atoms. The highest BCUT2D eigenvalue weighted by Gasteiger charge is 2.26. The van der Waals surface area contributed by atoms with Crippen molar-refractivity contribution >= 4 is 17.0 Å². The number of anilines is 1. The highest BCUT2D eigenvalue weighted by molar-refractivity contribution is 7.10. The van der Waals surface area contributed by atoms with Gasteiger partial charge in [-0.3, -0.25) is 0 Å². The van der Waals surface area contributed by atoms with Crippen LogP contribution in [-0.2, 0) is 13.0 Å². The van der Waals surface area contributed by atoms with E-state index >= 15 is 0 Å². The van der Waals surface area contributed by atoms with Crippen LogP contribution in [0.2, 0.25) is 0 Å². The number of hydrogen-bond acceptors (Lipinski definition) is 3. The van der Waals surface area contributed by atoms with Crippen molar-refractivity contribution in [2.24, 2.45) is 0 Å². The number of nitrogens with one attached hydrogen (secondary N) is 1. The van der Waals surface area contributed by atoms with Crippen LogP contribution in [0.3, 0.4) is 0 Å². The van der Waals surface area contributed by atoms with Gasteiger partial charge in [-0.15, -0.1) is 11.3 Å². The zero-order valence-electron chi connectivity index (χ0n) is 11.8. The Morgan fingerprint density at radius 1 is 1.40 bits per heavy atom. The van der Waals surface area contributed by atoms with Crippen LogP contribution in [0.4, 0.5) is 10.1 Å². The molecule has 0 saturated carbocycles. The van der Waals surface area contributed by atoms with E-state index in [1.54, 1.807) is 6.07 Å². The molecule has 2 nitrogen and oxygen atoms in total. The normalized spacial score (nSPS) is 18.1. The molecule has 2 aromatic rings. The summed E-state index contributed by atoms with van der Waals surface area (Å²) in [7, 11) is 1.87. The fourth-order valence-electron chi connectivity index (χ4n) is 2.94. The maximum absolute atomic E-state index is 14.4. The molecule has 0 amide bonds. The van der Waals surface area contributed by atoms with Gasteiger partial charge in [-0.25, -0.2) is 4.39 Å². The lowest BCUT2D eigenvalue weighted by Gasteiger charge is -2.35. The van der Waals surface area contributed by atoms with Crippen molar-refractivity contribution in [1.82, 2.24) is 5.32 Å². The summed E-state index contributed by atoms with van der Waals surface area (Å²) in [5.74, 6) is -0.122. The van der Waals surface area contributed by atoms with Gasteiger partial charge in [0, 0.05) is 18.0 Å². The second kappa shape index (κ2) is 5.54. The lowest BCUT2D eigenvalue weighted by Crippen LogP contribution is -2.33. The van der Waals surface area contributed by atoms with Crippen molar-refractivity contribution < 1.29 is 4.39 Å². The lowest BCUT2D eigenvalue weighted by atomic mass is 10.0. The average molecular weight is 290 g/mol. The third kappa shape index (κ3) is 2.34. The van der Waals surface area contributed by atoms with E-state index in [1.807, 2.05) is 30.5 Å². The number of benzene rings is 1. The van der Waals surface area contributed by atoms with Gasteiger partial charge in [-0.1, -0.05) is 6.07 Å². The maximum Gasteiger partial charge on any atom is 0.146 e. The number of rotatable bonds is 3. The molecule has 1 aliphatic rings. The summed E-state index contributed by atoms with van der Waals surface area (Å²) < 4.78 is 14.4. The Hall–Kier alpha value is -1.39. The van der Waals surface area contributed by atoms with Gasteiger partial charge in [-0.05, 0) is 55.1 Å². The van der Waals surface area contributed by atoms with Gasteiger partial charge in [0.05, 0.1) is 11.7 Å². The number of nitrogens with zero attached hydrogens (tertiary/aromatic N) is 1. The van der Waals surface area contributed by atoms with E-state index in [-0.39, 0.29) is 11.9 Å². The third-order valence-electron chi connectivity index (χ3n) is 3.98. The fraction of sp³-hybridized carbons (Fsp3) is 0.375. The Kier molecular flexibility index (Phi) is 3.76. The number of thiophene rings is 1. The van der Waals surface area contributed by atoms with Crippen LogP contribution in [0.1, 0.15) is 29.0 Å². The minimum Gasteiger partial charge on any atom is -0.362 e. The minimum atomic E-state index is -0.122. The topological polar surface area (TPSA) is 15.3 Å². The zero-order chi connectivity index (χ0) is 14.1. The van der Waals surface area contributed by atoms with Gasteiger partial charge in [0.25, 0.3) is 0 Å². The molecule has 4 heteroatoms. The molecular formula is C16H19FN2S. The molecular weight excluding hydrogens is 271 g/mol. The van der Waals surface area contributed by atoms with Gasteiger partial charge in [0.2, 0.25) is 0 Å². The van der Waals surface area contributed by atoms with E-state index in [0.717, 1.165) is 18.5 Å². The monoisotopic (exact) mass is 290 g/mol. The fourth-order valence-corrected chi connectivity index (χ4v) is 3.90.